The molecule has 112 valence electrons. The molecule has 2 heterocycles. The molecule has 0 bridgehead atoms. The molecule has 1 aromatic rings. The van der Waals surface area contributed by atoms with Crippen LogP contribution in [0.1, 0.15) is 74.5 Å². The second-order valence-electron chi connectivity index (χ2n) is 6.58. The monoisotopic (exact) mass is 277 g/mol. The lowest BCUT2D eigenvalue weighted by atomic mass is 9.74. The summed E-state index contributed by atoms with van der Waals surface area (Å²) in [5.41, 5.74) is 10.0. The van der Waals surface area contributed by atoms with Crippen molar-refractivity contribution in [3.63, 3.8) is 0 Å². The average Bonchev–Trinajstić information content (AvgIpc) is 2.72. The van der Waals surface area contributed by atoms with Crippen molar-refractivity contribution in [3.8, 4) is 0 Å². The summed E-state index contributed by atoms with van der Waals surface area (Å²) in [5, 5.41) is 4.81. The first-order valence-corrected chi connectivity index (χ1v) is 8.01. The summed E-state index contributed by atoms with van der Waals surface area (Å²) in [4.78, 5) is 0. The van der Waals surface area contributed by atoms with Gasteiger partial charge in [0.15, 0.2) is 0 Å². The van der Waals surface area contributed by atoms with Crippen molar-refractivity contribution in [2.45, 2.75) is 77.0 Å². The number of aryl methyl sites for hydroxylation is 1. The lowest BCUT2D eigenvalue weighted by Crippen LogP contribution is -2.46. The van der Waals surface area contributed by atoms with E-state index in [1.165, 1.54) is 30.5 Å². The van der Waals surface area contributed by atoms with E-state index < -0.39 is 0 Å². The van der Waals surface area contributed by atoms with E-state index in [4.69, 9.17) is 15.6 Å². The fourth-order valence-corrected chi connectivity index (χ4v) is 3.90. The third-order valence-corrected chi connectivity index (χ3v) is 5.27. The van der Waals surface area contributed by atoms with Gasteiger partial charge in [-0.05, 0) is 52.4 Å². The number of hydrogen-bond acceptors (Lipinski definition) is 3. The van der Waals surface area contributed by atoms with E-state index >= 15 is 0 Å². The van der Waals surface area contributed by atoms with E-state index in [9.17, 15) is 0 Å². The summed E-state index contributed by atoms with van der Waals surface area (Å²) >= 11 is 0. The van der Waals surface area contributed by atoms with Crippen LogP contribution < -0.4 is 5.73 Å². The van der Waals surface area contributed by atoms with Gasteiger partial charge in [0.25, 0.3) is 0 Å². The summed E-state index contributed by atoms with van der Waals surface area (Å²) in [5.74, 6) is 0. The van der Waals surface area contributed by atoms with Crippen LogP contribution in [0.4, 0.5) is 0 Å². The van der Waals surface area contributed by atoms with Crippen molar-refractivity contribution in [1.29, 1.82) is 0 Å². The fraction of sp³-hybridized carbons (Fsp3) is 0.812. The van der Waals surface area contributed by atoms with Crippen LogP contribution in [-0.4, -0.2) is 22.0 Å². The molecule has 0 radical (unpaired) electrons. The first kappa shape index (κ1) is 14.1. The van der Waals surface area contributed by atoms with Crippen molar-refractivity contribution < 1.29 is 4.74 Å². The molecule has 1 saturated heterocycles. The number of rotatable bonds is 3. The van der Waals surface area contributed by atoms with Crippen molar-refractivity contribution in [2.75, 3.05) is 6.61 Å². The van der Waals surface area contributed by atoms with Crippen LogP contribution in [0.5, 0.6) is 0 Å². The molecule has 4 heteroatoms. The van der Waals surface area contributed by atoms with Gasteiger partial charge < -0.3 is 10.5 Å². The Morgan fingerprint density at radius 1 is 1.45 bits per heavy atom. The molecule has 0 aromatic carbocycles. The van der Waals surface area contributed by atoms with E-state index in [1.807, 2.05) is 0 Å². The Bertz CT molecular complexity index is 490. The molecule has 2 fully saturated rings. The highest BCUT2D eigenvalue weighted by molar-refractivity contribution is 5.28. The molecule has 4 nitrogen and oxygen atoms in total. The Morgan fingerprint density at radius 3 is 2.80 bits per heavy atom. The third-order valence-electron chi connectivity index (χ3n) is 5.27. The second-order valence-corrected chi connectivity index (χ2v) is 6.58. The average molecular weight is 277 g/mol. The van der Waals surface area contributed by atoms with Gasteiger partial charge in [-0.3, -0.25) is 4.68 Å². The Hall–Kier alpha value is -0.870. The maximum Gasteiger partial charge on any atom is 0.0703 e. The van der Waals surface area contributed by atoms with Gasteiger partial charge in [0.2, 0.25) is 0 Å². The molecule has 2 atom stereocenters. The van der Waals surface area contributed by atoms with Gasteiger partial charge in [0, 0.05) is 23.9 Å². The van der Waals surface area contributed by atoms with Crippen molar-refractivity contribution in [1.82, 2.24) is 9.78 Å². The zero-order chi connectivity index (χ0) is 14.3. The highest BCUT2D eigenvalue weighted by Crippen LogP contribution is 2.46. The summed E-state index contributed by atoms with van der Waals surface area (Å²) in [7, 11) is 0. The summed E-state index contributed by atoms with van der Waals surface area (Å²) in [6.45, 7) is 7.28. The number of hydrogen-bond donors (Lipinski definition) is 1. The molecule has 0 amide bonds. The molecule has 3 rings (SSSR count). The van der Waals surface area contributed by atoms with Crippen molar-refractivity contribution >= 4 is 0 Å². The molecule has 1 aromatic heterocycles. The second kappa shape index (κ2) is 5.15. The molecule has 1 spiro atoms. The van der Waals surface area contributed by atoms with Gasteiger partial charge >= 0.3 is 0 Å². The Kier molecular flexibility index (Phi) is 3.63. The maximum absolute atomic E-state index is 6.25. The lowest BCUT2D eigenvalue weighted by molar-refractivity contribution is -0.141. The van der Waals surface area contributed by atoms with Crippen LogP contribution >= 0.6 is 0 Å². The molecule has 1 aliphatic carbocycles. The van der Waals surface area contributed by atoms with Gasteiger partial charge in [-0.15, -0.1) is 0 Å². The molecular weight excluding hydrogens is 250 g/mol. The maximum atomic E-state index is 6.25. The Morgan fingerprint density at radius 2 is 2.20 bits per heavy atom. The smallest absolute Gasteiger partial charge is 0.0703 e. The number of aromatic nitrogens is 2. The topological polar surface area (TPSA) is 53.1 Å². The normalized spacial score (nSPS) is 26.5. The Balaban J connectivity index is 1.86. The van der Waals surface area contributed by atoms with Crippen LogP contribution in [-0.2, 0) is 4.74 Å². The lowest BCUT2D eigenvalue weighted by Gasteiger charge is -2.47. The van der Waals surface area contributed by atoms with Crippen molar-refractivity contribution in [3.05, 3.63) is 17.0 Å². The van der Waals surface area contributed by atoms with Crippen LogP contribution in [0, 0.1) is 13.8 Å². The van der Waals surface area contributed by atoms with Crippen LogP contribution in [0.25, 0.3) is 0 Å². The number of nitrogens with two attached hydrogens (primary N) is 1. The highest BCUT2D eigenvalue weighted by atomic mass is 16.5. The standard InChI is InChI=1S/C16H27N3O/c1-4-14(17)15-11(2)18-19(12(15)3)13-6-9-20-16(10-13)7-5-8-16/h13-14H,4-10,17H2,1-3H3. The van der Waals surface area contributed by atoms with Crippen molar-refractivity contribution in [2.24, 2.45) is 5.73 Å². The quantitative estimate of drug-likeness (QED) is 0.923. The van der Waals surface area contributed by atoms with E-state index in [0.717, 1.165) is 31.6 Å². The highest BCUT2D eigenvalue weighted by Gasteiger charge is 2.43. The molecule has 20 heavy (non-hydrogen) atoms. The van der Waals surface area contributed by atoms with Gasteiger partial charge in [-0.25, -0.2) is 0 Å². The number of ether oxygens (including phenoxy) is 1. The van der Waals surface area contributed by atoms with E-state index in [1.54, 1.807) is 0 Å². The minimum atomic E-state index is 0.112. The fourth-order valence-electron chi connectivity index (χ4n) is 3.90. The van der Waals surface area contributed by atoms with Gasteiger partial charge in [0.1, 0.15) is 0 Å². The molecule has 1 aliphatic heterocycles. The predicted octanol–water partition coefficient (Wildman–Crippen LogP) is 3.18. The largest absolute Gasteiger partial charge is 0.375 e. The zero-order valence-corrected chi connectivity index (χ0v) is 13.0. The zero-order valence-electron chi connectivity index (χ0n) is 13.0. The summed E-state index contributed by atoms with van der Waals surface area (Å²) in [6, 6.07) is 0.599. The summed E-state index contributed by atoms with van der Waals surface area (Å²) in [6.07, 6.45) is 6.93. The van der Waals surface area contributed by atoms with Crippen LogP contribution in [0.3, 0.4) is 0 Å². The van der Waals surface area contributed by atoms with Crippen LogP contribution in [0.2, 0.25) is 0 Å². The first-order chi connectivity index (χ1) is 9.56. The predicted molar refractivity (Wildman–Crippen MR) is 79.7 cm³/mol. The minimum Gasteiger partial charge on any atom is -0.375 e. The minimum absolute atomic E-state index is 0.112. The molecule has 1 saturated carbocycles. The van der Waals surface area contributed by atoms with Gasteiger partial charge in [-0.2, -0.15) is 5.10 Å². The van der Waals surface area contributed by atoms with Gasteiger partial charge in [0.05, 0.1) is 17.3 Å². The number of nitrogens with zero attached hydrogens (tertiary/aromatic N) is 2. The molecular formula is C16H27N3O. The van der Waals surface area contributed by atoms with Crippen LogP contribution in [0.15, 0.2) is 0 Å². The third kappa shape index (κ3) is 2.19. The van der Waals surface area contributed by atoms with E-state index in [2.05, 4.69) is 25.5 Å². The van der Waals surface area contributed by atoms with E-state index in [0.29, 0.717) is 6.04 Å². The molecule has 2 aliphatic rings. The first-order valence-electron chi connectivity index (χ1n) is 8.01. The van der Waals surface area contributed by atoms with E-state index in [-0.39, 0.29) is 11.6 Å². The SMILES string of the molecule is CCC(N)c1c(C)nn(C2CCOC3(CCC3)C2)c1C. The van der Waals surface area contributed by atoms with Gasteiger partial charge in [-0.1, -0.05) is 6.92 Å². The Labute approximate surface area is 121 Å². The molecule has 2 unspecified atom stereocenters. The molecule has 2 N–H and O–H groups in total. The summed E-state index contributed by atoms with van der Waals surface area (Å²) < 4.78 is 8.27.